The molecule has 1 N–H and O–H groups in total. The zero-order valence-electron chi connectivity index (χ0n) is 20.1. The fourth-order valence-corrected chi connectivity index (χ4v) is 4.17. The van der Waals surface area contributed by atoms with E-state index >= 15 is 0 Å². The van der Waals surface area contributed by atoms with E-state index in [1.54, 1.807) is 41.3 Å². The summed E-state index contributed by atoms with van der Waals surface area (Å²) in [4.78, 5) is 26.2. The number of anilines is 1. The summed E-state index contributed by atoms with van der Waals surface area (Å²) in [6.45, 7) is 5.55. The van der Waals surface area contributed by atoms with Gasteiger partial charge in [0.2, 0.25) is 10.0 Å². The van der Waals surface area contributed by atoms with Gasteiger partial charge in [-0.25, -0.2) is 13.8 Å². The lowest BCUT2D eigenvalue weighted by Gasteiger charge is -2.26. The topological polar surface area (TPSA) is 118 Å². The second-order valence-corrected chi connectivity index (χ2v) is 10.1. The molecule has 1 aliphatic rings. The van der Waals surface area contributed by atoms with E-state index in [1.165, 1.54) is 6.21 Å². The van der Waals surface area contributed by atoms with Crippen LogP contribution in [0, 0.1) is 13.8 Å². The van der Waals surface area contributed by atoms with Gasteiger partial charge in [0.15, 0.2) is 6.61 Å². The van der Waals surface area contributed by atoms with Gasteiger partial charge in [0, 0.05) is 13.1 Å². The van der Waals surface area contributed by atoms with Gasteiger partial charge in [0.05, 0.1) is 31.4 Å². The first kappa shape index (κ1) is 26.2. The molecule has 10 nitrogen and oxygen atoms in total. The van der Waals surface area contributed by atoms with Crippen molar-refractivity contribution in [2.45, 2.75) is 13.8 Å². The molecule has 0 aliphatic carbocycles. The first-order valence-electron chi connectivity index (χ1n) is 11.1. The molecule has 35 heavy (non-hydrogen) atoms. The van der Waals surface area contributed by atoms with Crippen LogP contribution in [0.25, 0.3) is 0 Å². The van der Waals surface area contributed by atoms with Crippen LogP contribution >= 0.6 is 0 Å². The molecule has 2 amide bonds. The average Bonchev–Trinajstić information content (AvgIpc) is 2.83. The molecule has 3 rings (SSSR count). The number of nitrogens with zero attached hydrogens (tertiary/aromatic N) is 3. The number of hydrogen-bond acceptors (Lipinski definition) is 7. The van der Waals surface area contributed by atoms with Gasteiger partial charge in [-0.1, -0.05) is 6.07 Å². The van der Waals surface area contributed by atoms with Crippen molar-refractivity contribution < 1.29 is 27.5 Å². The van der Waals surface area contributed by atoms with Gasteiger partial charge < -0.3 is 14.4 Å². The lowest BCUT2D eigenvalue weighted by Crippen LogP contribution is -2.42. The van der Waals surface area contributed by atoms with Crippen LogP contribution in [0.15, 0.2) is 47.6 Å². The lowest BCUT2D eigenvalue weighted by atomic mass is 10.1. The van der Waals surface area contributed by atoms with E-state index in [2.05, 4.69) is 10.5 Å². The summed E-state index contributed by atoms with van der Waals surface area (Å²) in [6, 6.07) is 12.0. The molecule has 1 aliphatic heterocycles. The summed E-state index contributed by atoms with van der Waals surface area (Å²) in [7, 11) is -3.67. The third-order valence-corrected chi connectivity index (χ3v) is 6.62. The molecule has 0 unspecified atom stereocenters. The van der Waals surface area contributed by atoms with Crippen LogP contribution in [-0.2, 0) is 24.3 Å². The molecule has 0 radical (unpaired) electrons. The summed E-state index contributed by atoms with van der Waals surface area (Å²) in [5.74, 6) is -0.137. The van der Waals surface area contributed by atoms with Crippen LogP contribution < -0.4 is 14.5 Å². The maximum Gasteiger partial charge on any atom is 0.260 e. The molecule has 1 saturated heterocycles. The summed E-state index contributed by atoms with van der Waals surface area (Å²) in [5, 5.41) is 3.91. The Morgan fingerprint density at radius 3 is 2.43 bits per heavy atom. The number of hydrazone groups is 1. The lowest BCUT2D eigenvalue weighted by molar-refractivity contribution is -0.137. The highest BCUT2D eigenvalue weighted by atomic mass is 32.2. The van der Waals surface area contributed by atoms with Crippen LogP contribution in [-0.4, -0.2) is 77.1 Å². The molecular weight excluding hydrogens is 472 g/mol. The molecule has 2 aromatic carbocycles. The molecule has 1 fully saturated rings. The van der Waals surface area contributed by atoms with Gasteiger partial charge in [0.1, 0.15) is 12.3 Å². The number of nitrogens with one attached hydrogen (secondary N) is 1. The standard InChI is InChI=1S/C24H30N4O6S/c1-18-4-7-21(14-19(18)2)28(35(3,31)32)16-23(29)26-25-15-20-5-8-22(9-6-20)34-17-24(30)27-10-12-33-13-11-27/h4-9,14-15H,10-13,16-17H2,1-3H3,(H,26,29)/b25-15-. The minimum Gasteiger partial charge on any atom is -0.484 e. The number of carbonyl (C=O) groups excluding carboxylic acids is 2. The largest absolute Gasteiger partial charge is 0.484 e. The Morgan fingerprint density at radius 1 is 1.11 bits per heavy atom. The van der Waals surface area contributed by atoms with Crippen molar-refractivity contribution in [1.82, 2.24) is 10.3 Å². The third-order valence-electron chi connectivity index (χ3n) is 5.48. The van der Waals surface area contributed by atoms with Gasteiger partial charge in [-0.3, -0.25) is 13.9 Å². The van der Waals surface area contributed by atoms with Crippen molar-refractivity contribution in [2.24, 2.45) is 5.10 Å². The molecule has 1 heterocycles. The minimum atomic E-state index is -3.67. The number of aryl methyl sites for hydroxylation is 2. The highest BCUT2D eigenvalue weighted by molar-refractivity contribution is 7.92. The van der Waals surface area contributed by atoms with Crippen LogP contribution in [0.3, 0.4) is 0 Å². The van der Waals surface area contributed by atoms with Crippen LogP contribution in [0.1, 0.15) is 16.7 Å². The molecule has 0 bridgehead atoms. The number of hydrogen-bond donors (Lipinski definition) is 1. The van der Waals surface area contributed by atoms with Gasteiger partial charge in [0.25, 0.3) is 11.8 Å². The predicted octanol–water partition coefficient (Wildman–Crippen LogP) is 1.46. The van der Waals surface area contributed by atoms with Crippen LogP contribution in [0.4, 0.5) is 5.69 Å². The Hall–Kier alpha value is -3.44. The number of rotatable bonds is 9. The Labute approximate surface area is 205 Å². The van der Waals surface area contributed by atoms with E-state index in [-0.39, 0.29) is 12.5 Å². The van der Waals surface area contributed by atoms with Crippen molar-refractivity contribution >= 4 is 33.7 Å². The summed E-state index contributed by atoms with van der Waals surface area (Å²) in [5.41, 5.74) is 5.40. The van der Waals surface area contributed by atoms with Gasteiger partial charge in [-0.2, -0.15) is 5.10 Å². The van der Waals surface area contributed by atoms with Crippen LogP contribution in [0.2, 0.25) is 0 Å². The van der Waals surface area contributed by atoms with E-state index in [1.807, 2.05) is 19.9 Å². The molecule has 0 atom stereocenters. The van der Waals surface area contributed by atoms with E-state index in [0.29, 0.717) is 43.3 Å². The van der Waals surface area contributed by atoms with E-state index in [4.69, 9.17) is 9.47 Å². The number of benzene rings is 2. The number of ether oxygens (including phenoxy) is 2. The van der Waals surface area contributed by atoms with Crippen molar-refractivity contribution in [1.29, 1.82) is 0 Å². The maximum absolute atomic E-state index is 12.4. The second-order valence-electron chi connectivity index (χ2n) is 8.18. The Bertz CT molecular complexity index is 1180. The van der Waals surface area contributed by atoms with Crippen molar-refractivity contribution in [3.63, 3.8) is 0 Å². The van der Waals surface area contributed by atoms with Gasteiger partial charge in [-0.05, 0) is 66.9 Å². The Kier molecular flexibility index (Phi) is 8.83. The zero-order valence-corrected chi connectivity index (χ0v) is 20.9. The molecule has 2 aromatic rings. The molecule has 11 heteroatoms. The summed E-state index contributed by atoms with van der Waals surface area (Å²) < 4.78 is 36.3. The predicted molar refractivity (Wildman–Crippen MR) is 133 cm³/mol. The monoisotopic (exact) mass is 502 g/mol. The fraction of sp³-hybridized carbons (Fsp3) is 0.375. The molecule has 0 saturated carbocycles. The molecule has 0 aromatic heterocycles. The van der Waals surface area contributed by atoms with Gasteiger partial charge in [-0.15, -0.1) is 0 Å². The highest BCUT2D eigenvalue weighted by Crippen LogP contribution is 2.21. The first-order chi connectivity index (χ1) is 16.6. The smallest absolute Gasteiger partial charge is 0.260 e. The fourth-order valence-electron chi connectivity index (χ4n) is 3.32. The number of carbonyl (C=O) groups is 2. The zero-order chi connectivity index (χ0) is 25.4. The van der Waals surface area contributed by atoms with Crippen molar-refractivity contribution in [3.8, 4) is 5.75 Å². The quantitative estimate of drug-likeness (QED) is 0.410. The maximum atomic E-state index is 12.4. The van der Waals surface area contributed by atoms with E-state index in [9.17, 15) is 18.0 Å². The van der Waals surface area contributed by atoms with Crippen molar-refractivity contribution in [3.05, 3.63) is 59.2 Å². The SMILES string of the molecule is Cc1ccc(N(CC(=O)N/N=C\c2ccc(OCC(=O)N3CCOCC3)cc2)S(C)(=O)=O)cc1C. The Balaban J connectivity index is 1.51. The summed E-state index contributed by atoms with van der Waals surface area (Å²) >= 11 is 0. The molecule has 0 spiro atoms. The third kappa shape index (κ3) is 7.79. The highest BCUT2D eigenvalue weighted by Gasteiger charge is 2.21. The van der Waals surface area contributed by atoms with Gasteiger partial charge >= 0.3 is 0 Å². The Morgan fingerprint density at radius 2 is 1.80 bits per heavy atom. The molecule has 188 valence electrons. The normalized spacial score (nSPS) is 14.1. The number of amides is 2. The summed E-state index contributed by atoms with van der Waals surface area (Å²) in [6.07, 6.45) is 2.48. The molecular formula is C24H30N4O6S. The average molecular weight is 503 g/mol. The van der Waals surface area contributed by atoms with Crippen LogP contribution in [0.5, 0.6) is 5.75 Å². The number of sulfonamides is 1. The van der Waals surface area contributed by atoms with E-state index in [0.717, 1.165) is 21.7 Å². The number of morpholine rings is 1. The van der Waals surface area contributed by atoms with Crippen molar-refractivity contribution in [2.75, 3.05) is 50.0 Å². The minimum absolute atomic E-state index is 0.0547. The van der Waals surface area contributed by atoms with E-state index < -0.39 is 22.5 Å². The first-order valence-corrected chi connectivity index (χ1v) is 12.9. The second kappa shape index (κ2) is 11.8.